The first kappa shape index (κ1) is 25.5. The van der Waals surface area contributed by atoms with Crippen LogP contribution in [0.4, 0.5) is 0 Å². The van der Waals surface area contributed by atoms with E-state index in [2.05, 4.69) is 6.07 Å². The van der Waals surface area contributed by atoms with Gasteiger partial charge in [-0.3, -0.25) is 0 Å². The molecular formula is C28H35NO5. The number of nitrogens with zero attached hydrogens (tertiary/aromatic N) is 1. The summed E-state index contributed by atoms with van der Waals surface area (Å²) in [6, 6.07) is 13.5. The summed E-state index contributed by atoms with van der Waals surface area (Å²) in [4.78, 5) is 0. The van der Waals surface area contributed by atoms with Gasteiger partial charge in [-0.2, -0.15) is 5.26 Å². The Labute approximate surface area is 202 Å². The molecule has 1 N–H and O–H groups in total. The maximum atomic E-state index is 9.73. The Kier molecular flexibility index (Phi) is 10.6. The number of hydrogen-bond donors (Lipinski definition) is 1. The van der Waals surface area contributed by atoms with Gasteiger partial charge >= 0.3 is 0 Å². The van der Waals surface area contributed by atoms with E-state index in [1.165, 1.54) is 32.1 Å². The zero-order valence-electron chi connectivity index (χ0n) is 20.1. The minimum absolute atomic E-state index is 0.221. The van der Waals surface area contributed by atoms with Gasteiger partial charge in [0.05, 0.1) is 25.4 Å². The van der Waals surface area contributed by atoms with E-state index in [9.17, 15) is 5.26 Å². The minimum Gasteiger partial charge on any atom is -0.493 e. The average Bonchev–Trinajstić information content (AvgIpc) is 3.34. The van der Waals surface area contributed by atoms with Crippen LogP contribution in [0.15, 0.2) is 36.4 Å². The molecule has 34 heavy (non-hydrogen) atoms. The SMILES string of the molecule is COc1cc(C(C#N)=Cc2ccc3c(c2)OCO3)ccc1OCCCCCCCCCCCO. The van der Waals surface area contributed by atoms with Crippen molar-refractivity contribution in [2.75, 3.05) is 27.1 Å². The van der Waals surface area contributed by atoms with Crippen molar-refractivity contribution in [3.8, 4) is 29.1 Å². The van der Waals surface area contributed by atoms with Gasteiger partial charge in [-0.15, -0.1) is 0 Å². The van der Waals surface area contributed by atoms with Crippen molar-refractivity contribution in [3.05, 3.63) is 47.5 Å². The lowest BCUT2D eigenvalue weighted by atomic mass is 10.0. The molecule has 2 aromatic rings. The Balaban J connectivity index is 1.47. The van der Waals surface area contributed by atoms with Crippen molar-refractivity contribution in [2.24, 2.45) is 0 Å². The van der Waals surface area contributed by atoms with Crippen LogP contribution in [0.2, 0.25) is 0 Å². The van der Waals surface area contributed by atoms with Gasteiger partial charge < -0.3 is 24.1 Å². The fourth-order valence-electron chi connectivity index (χ4n) is 3.94. The van der Waals surface area contributed by atoms with Crippen LogP contribution in [0.5, 0.6) is 23.0 Å². The predicted molar refractivity (Wildman–Crippen MR) is 133 cm³/mol. The van der Waals surface area contributed by atoms with E-state index in [4.69, 9.17) is 24.1 Å². The molecule has 0 bridgehead atoms. The molecule has 0 saturated carbocycles. The summed E-state index contributed by atoms with van der Waals surface area (Å²) in [5.41, 5.74) is 2.16. The number of fused-ring (bicyclic) bond motifs is 1. The average molecular weight is 466 g/mol. The van der Waals surface area contributed by atoms with Crippen LogP contribution in [0.3, 0.4) is 0 Å². The number of aliphatic hydroxyl groups is 1. The number of allylic oxidation sites excluding steroid dienone is 1. The molecule has 0 amide bonds. The molecule has 1 aliphatic heterocycles. The Morgan fingerprint density at radius 1 is 0.912 bits per heavy atom. The van der Waals surface area contributed by atoms with E-state index in [0.29, 0.717) is 41.8 Å². The van der Waals surface area contributed by atoms with Gasteiger partial charge in [0.15, 0.2) is 23.0 Å². The summed E-state index contributed by atoms with van der Waals surface area (Å²) < 4.78 is 22.3. The molecule has 0 unspecified atom stereocenters. The van der Waals surface area contributed by atoms with Gasteiger partial charge in [0, 0.05) is 6.61 Å². The molecule has 0 radical (unpaired) electrons. The van der Waals surface area contributed by atoms with Gasteiger partial charge in [-0.25, -0.2) is 0 Å². The van der Waals surface area contributed by atoms with Gasteiger partial charge in [0.2, 0.25) is 6.79 Å². The van der Waals surface area contributed by atoms with Crippen LogP contribution >= 0.6 is 0 Å². The molecule has 182 valence electrons. The third-order valence-corrected chi connectivity index (χ3v) is 5.86. The van der Waals surface area contributed by atoms with Crippen molar-refractivity contribution in [3.63, 3.8) is 0 Å². The molecule has 1 aliphatic rings. The Bertz CT molecular complexity index is 979. The molecular weight excluding hydrogens is 430 g/mol. The van der Waals surface area contributed by atoms with E-state index in [1.54, 1.807) is 7.11 Å². The molecule has 2 aromatic carbocycles. The maximum absolute atomic E-state index is 9.73. The van der Waals surface area contributed by atoms with Crippen LogP contribution in [0.25, 0.3) is 11.6 Å². The Morgan fingerprint density at radius 3 is 2.32 bits per heavy atom. The Morgan fingerprint density at radius 2 is 1.62 bits per heavy atom. The highest BCUT2D eigenvalue weighted by molar-refractivity contribution is 5.90. The molecule has 0 aromatic heterocycles. The highest BCUT2D eigenvalue weighted by Gasteiger charge is 2.14. The largest absolute Gasteiger partial charge is 0.493 e. The monoisotopic (exact) mass is 465 g/mol. The lowest BCUT2D eigenvalue weighted by molar-refractivity contribution is 0.174. The van der Waals surface area contributed by atoms with E-state index in [1.807, 2.05) is 42.5 Å². The third kappa shape index (κ3) is 7.71. The second-order valence-electron chi connectivity index (χ2n) is 8.40. The zero-order chi connectivity index (χ0) is 24.0. The predicted octanol–water partition coefficient (Wildman–Crippen LogP) is 6.37. The van der Waals surface area contributed by atoms with Crippen molar-refractivity contribution in [2.45, 2.75) is 57.8 Å². The summed E-state index contributed by atoms with van der Waals surface area (Å²) in [5, 5.41) is 18.5. The minimum atomic E-state index is 0.221. The fraction of sp³-hybridized carbons (Fsp3) is 0.464. The lowest BCUT2D eigenvalue weighted by Gasteiger charge is -2.12. The van der Waals surface area contributed by atoms with Gasteiger partial charge in [-0.1, -0.05) is 51.0 Å². The van der Waals surface area contributed by atoms with E-state index < -0.39 is 0 Å². The fourth-order valence-corrected chi connectivity index (χ4v) is 3.94. The summed E-state index contributed by atoms with van der Waals surface area (Å²) in [6.07, 6.45) is 12.3. The molecule has 6 nitrogen and oxygen atoms in total. The van der Waals surface area contributed by atoms with Crippen molar-refractivity contribution in [1.29, 1.82) is 5.26 Å². The molecule has 3 rings (SSSR count). The second-order valence-corrected chi connectivity index (χ2v) is 8.40. The summed E-state index contributed by atoms with van der Waals surface area (Å²) >= 11 is 0. The summed E-state index contributed by atoms with van der Waals surface area (Å²) in [6.45, 7) is 1.17. The number of rotatable bonds is 15. The normalized spacial score (nSPS) is 12.4. The number of benzene rings is 2. The number of unbranched alkanes of at least 4 members (excludes halogenated alkanes) is 8. The van der Waals surface area contributed by atoms with Crippen LogP contribution in [0, 0.1) is 11.3 Å². The van der Waals surface area contributed by atoms with Gasteiger partial charge in [-0.05, 0) is 60.4 Å². The molecule has 0 saturated heterocycles. The first-order chi connectivity index (χ1) is 16.7. The van der Waals surface area contributed by atoms with E-state index >= 15 is 0 Å². The molecule has 0 spiro atoms. The van der Waals surface area contributed by atoms with Crippen LogP contribution in [-0.2, 0) is 0 Å². The number of aliphatic hydroxyl groups excluding tert-OH is 1. The van der Waals surface area contributed by atoms with Crippen LogP contribution in [-0.4, -0.2) is 32.2 Å². The number of methoxy groups -OCH3 is 1. The third-order valence-electron chi connectivity index (χ3n) is 5.86. The van der Waals surface area contributed by atoms with Crippen molar-refractivity contribution in [1.82, 2.24) is 0 Å². The summed E-state index contributed by atoms with van der Waals surface area (Å²) in [5.74, 6) is 2.71. The standard InChI is InChI=1S/C28H35NO5/c1-31-27-19-23(24(20-29)17-22-11-13-26-28(18-22)34-21-33-26)12-14-25(27)32-16-10-8-6-4-2-3-5-7-9-15-30/h11-14,17-19,30H,2-10,15-16,21H2,1H3. The molecule has 1 heterocycles. The van der Waals surface area contributed by atoms with Crippen LogP contribution < -0.4 is 18.9 Å². The number of nitriles is 1. The highest BCUT2D eigenvalue weighted by atomic mass is 16.7. The second kappa shape index (κ2) is 14.2. The van der Waals surface area contributed by atoms with Gasteiger partial charge in [0.25, 0.3) is 0 Å². The lowest BCUT2D eigenvalue weighted by Crippen LogP contribution is -2.00. The molecule has 6 heteroatoms. The maximum Gasteiger partial charge on any atom is 0.231 e. The highest BCUT2D eigenvalue weighted by Crippen LogP contribution is 2.35. The van der Waals surface area contributed by atoms with Gasteiger partial charge in [0.1, 0.15) is 0 Å². The molecule has 0 fully saturated rings. The Hall–Kier alpha value is -3.17. The smallest absolute Gasteiger partial charge is 0.231 e. The molecule has 0 atom stereocenters. The zero-order valence-corrected chi connectivity index (χ0v) is 20.1. The number of ether oxygens (including phenoxy) is 4. The quantitative estimate of drug-likeness (QED) is 0.187. The topological polar surface area (TPSA) is 80.9 Å². The first-order valence-corrected chi connectivity index (χ1v) is 12.2. The number of hydrogen-bond acceptors (Lipinski definition) is 6. The summed E-state index contributed by atoms with van der Waals surface area (Å²) in [7, 11) is 1.61. The van der Waals surface area contributed by atoms with E-state index in [-0.39, 0.29) is 6.79 Å². The first-order valence-electron chi connectivity index (χ1n) is 12.2. The van der Waals surface area contributed by atoms with Crippen molar-refractivity contribution < 1.29 is 24.1 Å². The van der Waals surface area contributed by atoms with Crippen LogP contribution in [0.1, 0.15) is 68.9 Å². The molecule has 0 aliphatic carbocycles. The van der Waals surface area contributed by atoms with E-state index in [0.717, 1.165) is 36.8 Å². The van der Waals surface area contributed by atoms with Crippen molar-refractivity contribution >= 4 is 11.6 Å².